The Balaban J connectivity index is 1.90. The Kier molecular flexibility index (Phi) is 5.14. The summed E-state index contributed by atoms with van der Waals surface area (Å²) in [7, 11) is -1.78. The molecule has 3 aliphatic rings. The summed E-state index contributed by atoms with van der Waals surface area (Å²) in [6.07, 6.45) is 8.55. The van der Waals surface area contributed by atoms with E-state index in [0.717, 1.165) is 42.5 Å². The summed E-state index contributed by atoms with van der Waals surface area (Å²) >= 11 is 0. The van der Waals surface area contributed by atoms with Gasteiger partial charge in [0, 0.05) is 6.10 Å². The average molecular weight is 363 g/mol. The Bertz CT molecular complexity index is 545. The van der Waals surface area contributed by atoms with Gasteiger partial charge >= 0.3 is 0 Å². The van der Waals surface area contributed by atoms with Crippen molar-refractivity contribution in [2.24, 2.45) is 35.5 Å². The maximum Gasteiger partial charge on any atom is 0.192 e. The lowest BCUT2D eigenvalue weighted by Crippen LogP contribution is -2.50. The van der Waals surface area contributed by atoms with Gasteiger partial charge in [-0.1, -0.05) is 47.1 Å². The predicted octanol–water partition coefficient (Wildman–Crippen LogP) is 5.84. The van der Waals surface area contributed by atoms with E-state index in [-0.39, 0.29) is 5.04 Å². The van der Waals surface area contributed by atoms with Gasteiger partial charge in [0.15, 0.2) is 8.32 Å². The van der Waals surface area contributed by atoms with Gasteiger partial charge in [-0.3, -0.25) is 4.79 Å². The highest BCUT2D eigenvalue weighted by Gasteiger charge is 2.55. The van der Waals surface area contributed by atoms with Crippen LogP contribution in [-0.2, 0) is 9.22 Å². The minimum absolute atomic E-state index is 0.255. The smallest absolute Gasteiger partial charge is 0.192 e. The van der Waals surface area contributed by atoms with Crippen LogP contribution < -0.4 is 0 Å². The Hall–Kier alpha value is -0.413. The van der Waals surface area contributed by atoms with Gasteiger partial charge in [-0.25, -0.2) is 0 Å². The first-order valence-electron chi connectivity index (χ1n) is 10.4. The molecule has 0 radical (unpaired) electrons. The molecule has 0 spiro atoms. The molecule has 25 heavy (non-hydrogen) atoms. The molecule has 2 fully saturated rings. The van der Waals surface area contributed by atoms with Gasteiger partial charge in [0.2, 0.25) is 0 Å². The highest BCUT2D eigenvalue weighted by Crippen LogP contribution is 2.58. The Morgan fingerprint density at radius 2 is 1.92 bits per heavy atom. The monoisotopic (exact) mass is 362 g/mol. The van der Waals surface area contributed by atoms with Crippen molar-refractivity contribution in [3.05, 3.63) is 11.6 Å². The zero-order chi connectivity index (χ0) is 18.6. The van der Waals surface area contributed by atoms with Gasteiger partial charge in [-0.2, -0.15) is 0 Å². The first kappa shape index (κ1) is 19.4. The maximum absolute atomic E-state index is 11.4. The van der Waals surface area contributed by atoms with Crippen molar-refractivity contribution in [2.75, 3.05) is 0 Å². The molecule has 0 amide bonds. The van der Waals surface area contributed by atoms with Crippen LogP contribution in [0.4, 0.5) is 0 Å². The number of fused-ring (bicyclic) bond motifs is 3. The number of carbonyl (C=O) groups is 1. The average Bonchev–Trinajstić information content (AvgIpc) is 3.05. The summed E-state index contributed by atoms with van der Waals surface area (Å²) in [6, 6.07) is 0. The molecule has 2 saturated carbocycles. The van der Waals surface area contributed by atoms with Crippen LogP contribution in [0.25, 0.3) is 0 Å². The van der Waals surface area contributed by atoms with Gasteiger partial charge in [0.1, 0.15) is 6.29 Å². The van der Waals surface area contributed by atoms with Crippen LogP contribution in [0.15, 0.2) is 11.6 Å². The molecule has 0 bridgehead atoms. The third-order valence-electron chi connectivity index (χ3n) is 8.17. The quantitative estimate of drug-likeness (QED) is 0.464. The number of hydrogen-bond acceptors (Lipinski definition) is 2. The molecular formula is C22H38O2Si. The zero-order valence-electron chi connectivity index (χ0n) is 17.3. The fourth-order valence-electron chi connectivity index (χ4n) is 5.94. The van der Waals surface area contributed by atoms with Gasteiger partial charge < -0.3 is 4.43 Å². The van der Waals surface area contributed by atoms with E-state index in [9.17, 15) is 4.79 Å². The summed E-state index contributed by atoms with van der Waals surface area (Å²) in [6.45, 7) is 16.6. The minimum Gasteiger partial charge on any atom is -0.414 e. The van der Waals surface area contributed by atoms with E-state index in [4.69, 9.17) is 4.43 Å². The largest absolute Gasteiger partial charge is 0.414 e. The lowest BCUT2D eigenvalue weighted by Gasteiger charge is -2.48. The molecule has 7 atom stereocenters. The number of rotatable bonds is 4. The molecule has 3 heteroatoms. The van der Waals surface area contributed by atoms with Crippen molar-refractivity contribution in [1.29, 1.82) is 0 Å². The Labute approximate surface area is 155 Å². The van der Waals surface area contributed by atoms with Gasteiger partial charge in [0.25, 0.3) is 0 Å². The fraction of sp³-hybridized carbons (Fsp3) is 0.864. The number of hydrogen-bond donors (Lipinski definition) is 0. The van der Waals surface area contributed by atoms with Crippen molar-refractivity contribution in [2.45, 2.75) is 84.5 Å². The third-order valence-corrected chi connectivity index (χ3v) is 12.7. The van der Waals surface area contributed by atoms with Crippen LogP contribution in [0.1, 0.15) is 60.3 Å². The van der Waals surface area contributed by atoms with Crippen molar-refractivity contribution in [3.63, 3.8) is 0 Å². The highest BCUT2D eigenvalue weighted by molar-refractivity contribution is 6.74. The second-order valence-electron chi connectivity index (χ2n) is 10.6. The molecule has 0 heterocycles. The van der Waals surface area contributed by atoms with E-state index >= 15 is 0 Å². The van der Waals surface area contributed by atoms with Crippen molar-refractivity contribution in [3.8, 4) is 0 Å². The summed E-state index contributed by atoms with van der Waals surface area (Å²) in [5, 5.41) is 0.255. The summed E-state index contributed by atoms with van der Waals surface area (Å²) < 4.78 is 7.04. The van der Waals surface area contributed by atoms with Gasteiger partial charge in [0.05, 0.1) is 0 Å². The molecular weight excluding hydrogens is 324 g/mol. The number of aldehydes is 1. The number of allylic oxidation sites excluding steroid dienone is 2. The van der Waals surface area contributed by atoms with Crippen LogP contribution in [-0.4, -0.2) is 20.7 Å². The van der Waals surface area contributed by atoms with Gasteiger partial charge in [-0.05, 0) is 78.5 Å². The summed E-state index contributed by atoms with van der Waals surface area (Å²) in [5.41, 5.74) is 1.05. The molecule has 2 nitrogen and oxygen atoms in total. The molecule has 142 valence electrons. The number of carbonyl (C=O) groups excluding carboxylic acids is 1. The van der Waals surface area contributed by atoms with Crippen LogP contribution in [0.2, 0.25) is 18.1 Å². The lowest BCUT2D eigenvalue weighted by atomic mass is 9.65. The first-order valence-corrected chi connectivity index (χ1v) is 13.3. The van der Waals surface area contributed by atoms with E-state index in [1.165, 1.54) is 12.8 Å². The highest BCUT2D eigenvalue weighted by atomic mass is 28.4. The Morgan fingerprint density at radius 3 is 2.48 bits per heavy atom. The molecule has 0 aromatic heterocycles. The molecule has 0 aromatic carbocycles. The molecule has 0 N–H and O–H groups in total. The molecule has 0 aromatic rings. The molecule has 3 aliphatic carbocycles. The first-order chi connectivity index (χ1) is 11.6. The standard InChI is InChI=1S/C22H38O2Si/c1-8-17-14(2)9-19-18-11-15(13-23)10-16(18)12-20(21(17)19)24-25(6,7)22(3,4)5/h10,13-14,16-21H,8-9,11-12H2,1-7H3/t14-,16+,17-,18+,19-,20-,21+/m0/s1. The van der Waals surface area contributed by atoms with Crippen LogP contribution in [0.5, 0.6) is 0 Å². The molecule has 0 unspecified atom stereocenters. The lowest BCUT2D eigenvalue weighted by molar-refractivity contribution is -0.105. The topological polar surface area (TPSA) is 26.3 Å². The van der Waals surface area contributed by atoms with E-state index in [2.05, 4.69) is 53.8 Å². The second-order valence-corrected chi connectivity index (χ2v) is 15.3. The summed E-state index contributed by atoms with van der Waals surface area (Å²) in [5.74, 6) is 4.31. The normalized spacial score (nSPS) is 41.2. The fourth-order valence-corrected chi connectivity index (χ4v) is 7.30. The van der Waals surface area contributed by atoms with Crippen LogP contribution in [0, 0.1) is 35.5 Å². The Morgan fingerprint density at radius 1 is 1.24 bits per heavy atom. The van der Waals surface area contributed by atoms with E-state index in [1.54, 1.807) is 0 Å². The van der Waals surface area contributed by atoms with Gasteiger partial charge in [-0.15, -0.1) is 0 Å². The predicted molar refractivity (Wildman–Crippen MR) is 107 cm³/mol. The van der Waals surface area contributed by atoms with Crippen molar-refractivity contribution < 1.29 is 9.22 Å². The SMILES string of the molecule is CC[C@@H]1[C@@H]2[C@@H](C[C@@H]1C)[C@@H]1CC(C=O)=C[C@@H]1C[C@@H]2O[Si](C)(C)C(C)(C)C. The van der Waals surface area contributed by atoms with Crippen LogP contribution in [0.3, 0.4) is 0 Å². The summed E-state index contributed by atoms with van der Waals surface area (Å²) in [4.78, 5) is 11.4. The molecule has 3 rings (SSSR count). The van der Waals surface area contributed by atoms with Crippen LogP contribution >= 0.6 is 0 Å². The van der Waals surface area contributed by atoms with E-state index in [0.29, 0.717) is 23.9 Å². The third kappa shape index (κ3) is 3.31. The maximum atomic E-state index is 11.4. The zero-order valence-corrected chi connectivity index (χ0v) is 18.3. The van der Waals surface area contributed by atoms with Crippen molar-refractivity contribution in [1.82, 2.24) is 0 Å². The second kappa shape index (κ2) is 6.63. The van der Waals surface area contributed by atoms with E-state index < -0.39 is 8.32 Å². The molecule has 0 saturated heterocycles. The minimum atomic E-state index is -1.78. The van der Waals surface area contributed by atoms with Crippen molar-refractivity contribution >= 4 is 14.6 Å². The van der Waals surface area contributed by atoms with E-state index in [1.807, 2.05) is 0 Å². The molecule has 0 aliphatic heterocycles.